The summed E-state index contributed by atoms with van der Waals surface area (Å²) >= 11 is 0. The van der Waals surface area contributed by atoms with Crippen molar-refractivity contribution in [3.8, 4) is 16.9 Å². The van der Waals surface area contributed by atoms with Crippen molar-refractivity contribution >= 4 is 13.3 Å². The quantitative estimate of drug-likeness (QED) is 0.700. The van der Waals surface area contributed by atoms with Crippen LogP contribution in [0, 0.1) is 0 Å². The molecule has 0 radical (unpaired) electrons. The molecule has 1 aliphatic carbocycles. The summed E-state index contributed by atoms with van der Waals surface area (Å²) in [4.78, 5) is 0. The van der Waals surface area contributed by atoms with Crippen LogP contribution in [0.15, 0.2) is 42.5 Å². The largest absolute Gasteiger partial charge is 0.441 e. The molecule has 0 spiro atoms. The van der Waals surface area contributed by atoms with E-state index in [0.717, 1.165) is 22.2 Å². The standard InChI is InChI=1S/C18H19O2P/c19-21-18-12-14(13-6-2-1-3-7-13)10-11-16(18)15-8-4-5-9-17(15)20-21/h4-5,8-13,21H,1-3,6-7H2. The molecular formula is C18H19O2P. The summed E-state index contributed by atoms with van der Waals surface area (Å²) in [6.45, 7) is 0. The highest BCUT2D eigenvalue weighted by Gasteiger charge is 2.24. The first-order valence-electron chi connectivity index (χ1n) is 7.78. The molecule has 1 saturated carbocycles. The fourth-order valence-electron chi connectivity index (χ4n) is 3.59. The number of rotatable bonds is 1. The predicted octanol–water partition coefficient (Wildman–Crippen LogP) is 4.89. The van der Waals surface area contributed by atoms with Crippen LogP contribution in [-0.4, -0.2) is 0 Å². The van der Waals surface area contributed by atoms with Gasteiger partial charge < -0.3 is 4.52 Å². The minimum Gasteiger partial charge on any atom is -0.441 e. The van der Waals surface area contributed by atoms with Crippen LogP contribution in [0.2, 0.25) is 0 Å². The lowest BCUT2D eigenvalue weighted by atomic mass is 9.83. The molecule has 0 bridgehead atoms. The van der Waals surface area contributed by atoms with Crippen molar-refractivity contribution in [3.63, 3.8) is 0 Å². The first kappa shape index (κ1) is 13.2. The second kappa shape index (κ2) is 5.35. The molecule has 21 heavy (non-hydrogen) atoms. The van der Waals surface area contributed by atoms with Gasteiger partial charge in [-0.05, 0) is 42.0 Å². The maximum atomic E-state index is 12.4. The molecule has 0 saturated heterocycles. The fourth-order valence-corrected chi connectivity index (χ4v) is 4.80. The van der Waals surface area contributed by atoms with Crippen LogP contribution in [0.4, 0.5) is 0 Å². The highest BCUT2D eigenvalue weighted by molar-refractivity contribution is 7.49. The van der Waals surface area contributed by atoms with Gasteiger partial charge in [0.15, 0.2) is 0 Å². The van der Waals surface area contributed by atoms with E-state index in [1.807, 2.05) is 24.3 Å². The highest BCUT2D eigenvalue weighted by atomic mass is 31.1. The van der Waals surface area contributed by atoms with Crippen molar-refractivity contribution in [1.29, 1.82) is 0 Å². The average Bonchev–Trinajstić information content (AvgIpc) is 2.55. The van der Waals surface area contributed by atoms with E-state index in [1.54, 1.807) is 0 Å². The molecule has 1 aliphatic heterocycles. The Labute approximate surface area is 126 Å². The molecule has 4 rings (SSSR count). The van der Waals surface area contributed by atoms with E-state index in [-0.39, 0.29) is 0 Å². The molecule has 1 heterocycles. The number of para-hydroxylation sites is 1. The van der Waals surface area contributed by atoms with Gasteiger partial charge >= 0.3 is 0 Å². The third-order valence-corrected chi connectivity index (χ3v) is 5.98. The molecule has 108 valence electrons. The van der Waals surface area contributed by atoms with Gasteiger partial charge in [-0.25, -0.2) is 0 Å². The highest BCUT2D eigenvalue weighted by Crippen LogP contribution is 2.43. The molecule has 1 fully saturated rings. The Balaban J connectivity index is 1.78. The second-order valence-corrected chi connectivity index (χ2v) is 7.34. The third-order valence-electron chi connectivity index (χ3n) is 4.72. The van der Waals surface area contributed by atoms with Crippen molar-refractivity contribution in [1.82, 2.24) is 0 Å². The SMILES string of the molecule is O=[PH]1Oc2ccccc2-c2ccc(C3CCCCC3)cc21. The zero-order chi connectivity index (χ0) is 14.2. The minimum atomic E-state index is -2.17. The zero-order valence-electron chi connectivity index (χ0n) is 12.0. The van der Waals surface area contributed by atoms with E-state index in [9.17, 15) is 4.57 Å². The van der Waals surface area contributed by atoms with Crippen molar-refractivity contribution in [2.75, 3.05) is 0 Å². The summed E-state index contributed by atoms with van der Waals surface area (Å²) in [5.74, 6) is 1.38. The number of fused-ring (bicyclic) bond motifs is 3. The van der Waals surface area contributed by atoms with E-state index in [4.69, 9.17) is 4.52 Å². The van der Waals surface area contributed by atoms with Crippen molar-refractivity contribution < 1.29 is 9.09 Å². The zero-order valence-corrected chi connectivity index (χ0v) is 13.0. The fraction of sp³-hybridized carbons (Fsp3) is 0.333. The Kier molecular flexibility index (Phi) is 3.35. The van der Waals surface area contributed by atoms with Crippen LogP contribution < -0.4 is 9.83 Å². The molecule has 0 amide bonds. The molecular weight excluding hydrogens is 279 g/mol. The Morgan fingerprint density at radius 1 is 0.952 bits per heavy atom. The lowest BCUT2D eigenvalue weighted by Gasteiger charge is -2.25. The van der Waals surface area contributed by atoms with Crippen LogP contribution in [0.1, 0.15) is 43.6 Å². The van der Waals surface area contributed by atoms with Crippen LogP contribution in [0.25, 0.3) is 11.1 Å². The molecule has 0 aromatic heterocycles. The lowest BCUT2D eigenvalue weighted by Crippen LogP contribution is -2.13. The summed E-state index contributed by atoms with van der Waals surface area (Å²) in [6, 6.07) is 14.4. The maximum absolute atomic E-state index is 12.4. The number of hydrogen-bond acceptors (Lipinski definition) is 2. The Bertz CT molecular complexity index is 702. The predicted molar refractivity (Wildman–Crippen MR) is 87.0 cm³/mol. The smallest absolute Gasteiger partial charge is 0.266 e. The first-order chi connectivity index (χ1) is 10.3. The van der Waals surface area contributed by atoms with Crippen LogP contribution >= 0.6 is 8.03 Å². The van der Waals surface area contributed by atoms with Gasteiger partial charge in [-0.1, -0.05) is 49.6 Å². The van der Waals surface area contributed by atoms with E-state index < -0.39 is 8.03 Å². The summed E-state index contributed by atoms with van der Waals surface area (Å²) in [7, 11) is -2.17. The van der Waals surface area contributed by atoms with Gasteiger partial charge in [0, 0.05) is 5.56 Å². The number of hydrogen-bond donors (Lipinski definition) is 0. The maximum Gasteiger partial charge on any atom is 0.266 e. The molecule has 1 atom stereocenters. The van der Waals surface area contributed by atoms with E-state index in [2.05, 4.69) is 18.2 Å². The first-order valence-corrected chi connectivity index (χ1v) is 9.10. The molecule has 2 aliphatic rings. The van der Waals surface area contributed by atoms with Crippen LogP contribution in [-0.2, 0) is 4.57 Å². The topological polar surface area (TPSA) is 26.3 Å². The van der Waals surface area contributed by atoms with Gasteiger partial charge in [-0.3, -0.25) is 4.57 Å². The summed E-state index contributed by atoms with van der Waals surface area (Å²) in [6.07, 6.45) is 6.51. The molecule has 2 nitrogen and oxygen atoms in total. The monoisotopic (exact) mass is 298 g/mol. The Hall–Kier alpha value is -1.53. The van der Waals surface area contributed by atoms with Crippen molar-refractivity contribution in [2.24, 2.45) is 0 Å². The third kappa shape index (κ3) is 2.32. The van der Waals surface area contributed by atoms with Crippen LogP contribution in [0.5, 0.6) is 5.75 Å². The number of benzene rings is 2. The molecule has 2 aromatic rings. The van der Waals surface area contributed by atoms with Gasteiger partial charge in [0.25, 0.3) is 8.03 Å². The van der Waals surface area contributed by atoms with E-state index >= 15 is 0 Å². The summed E-state index contributed by atoms with van der Waals surface area (Å²) in [5, 5.41) is 0.904. The van der Waals surface area contributed by atoms with Gasteiger partial charge in [-0.15, -0.1) is 0 Å². The molecule has 2 aromatic carbocycles. The second-order valence-electron chi connectivity index (χ2n) is 6.03. The van der Waals surface area contributed by atoms with E-state index in [0.29, 0.717) is 5.92 Å². The average molecular weight is 298 g/mol. The van der Waals surface area contributed by atoms with Crippen molar-refractivity contribution in [3.05, 3.63) is 48.0 Å². The summed E-state index contributed by atoms with van der Waals surface area (Å²) in [5.41, 5.74) is 3.49. The van der Waals surface area contributed by atoms with Gasteiger partial charge in [0.1, 0.15) is 5.75 Å². The molecule has 0 N–H and O–H groups in total. The minimum absolute atomic E-state index is 0.635. The Morgan fingerprint density at radius 3 is 2.62 bits per heavy atom. The van der Waals surface area contributed by atoms with E-state index in [1.165, 1.54) is 37.7 Å². The lowest BCUT2D eigenvalue weighted by molar-refractivity contribution is 0.443. The molecule has 1 unspecified atom stereocenters. The summed E-state index contributed by atoms with van der Waals surface area (Å²) < 4.78 is 18.1. The molecule has 3 heteroatoms. The van der Waals surface area contributed by atoms with Crippen LogP contribution in [0.3, 0.4) is 0 Å². The van der Waals surface area contributed by atoms with Gasteiger partial charge in [0.05, 0.1) is 5.30 Å². The van der Waals surface area contributed by atoms with Crippen molar-refractivity contribution in [2.45, 2.75) is 38.0 Å². The normalized spacial score (nSPS) is 21.2. The van der Waals surface area contributed by atoms with Gasteiger partial charge in [-0.2, -0.15) is 0 Å². The van der Waals surface area contributed by atoms with Gasteiger partial charge in [0.2, 0.25) is 0 Å². The Morgan fingerprint density at radius 2 is 1.76 bits per heavy atom.